The van der Waals surface area contributed by atoms with Crippen LogP contribution in [0, 0.1) is 0 Å². The molecule has 0 fully saturated rings. The second-order valence-electron chi connectivity index (χ2n) is 17.7. The van der Waals surface area contributed by atoms with Gasteiger partial charge in [-0.2, -0.15) is 0 Å². The van der Waals surface area contributed by atoms with Crippen LogP contribution < -0.4 is 0 Å². The van der Waals surface area contributed by atoms with Crippen LogP contribution in [-0.4, -0.2) is 43.4 Å². The molecule has 1 unspecified atom stereocenters. The molecule has 0 spiro atoms. The lowest BCUT2D eigenvalue weighted by Gasteiger charge is -2.31. The number of hydrogen-bond donors (Lipinski definition) is 6. The molecule has 3 atom stereocenters. The number of allylic oxidation sites excluding steroid dienone is 1. The zero-order valence-corrected chi connectivity index (χ0v) is 36.7. The van der Waals surface area contributed by atoms with E-state index in [1.54, 1.807) is 60.8 Å². The van der Waals surface area contributed by atoms with Gasteiger partial charge in [0.15, 0.2) is 0 Å². The van der Waals surface area contributed by atoms with Crippen LogP contribution in [0.5, 0.6) is 0 Å². The molecule has 0 saturated heterocycles. The fraction of sp³-hybridized carbons (Fsp3) is 0.115. The van der Waals surface area contributed by atoms with E-state index in [1.807, 2.05) is 146 Å². The van der Waals surface area contributed by atoms with E-state index in [2.05, 4.69) is 30.3 Å². The molecule has 0 aliphatic heterocycles. The van der Waals surface area contributed by atoms with Crippen molar-refractivity contribution < 1.29 is 30.6 Å². The highest BCUT2D eigenvalue weighted by Gasteiger charge is 2.34. The van der Waals surface area contributed by atoms with Gasteiger partial charge in [0.2, 0.25) is 0 Å². The Balaban J connectivity index is 1.01. The Kier molecular flexibility index (Phi) is 11.4. The van der Waals surface area contributed by atoms with Crippen LogP contribution in [0.4, 0.5) is 0 Å². The normalized spacial score (nSPS) is 24.6. The highest BCUT2D eigenvalue weighted by molar-refractivity contribution is 5.79. The highest BCUT2D eigenvalue weighted by atomic mass is 16.3. The third-order valence-electron chi connectivity index (χ3n) is 13.3. The van der Waals surface area contributed by atoms with E-state index >= 15 is 0 Å². The van der Waals surface area contributed by atoms with Crippen molar-refractivity contribution in [1.29, 1.82) is 0 Å². The Morgan fingerprint density at radius 2 is 0.836 bits per heavy atom. The summed E-state index contributed by atoms with van der Waals surface area (Å²) in [4.78, 5) is 0. The highest BCUT2D eigenvalue weighted by Crippen LogP contribution is 2.40. The van der Waals surface area contributed by atoms with E-state index in [-0.39, 0.29) is 6.61 Å². The number of benzene rings is 7. The molecule has 0 heterocycles. The first kappa shape index (κ1) is 43.6. The Hall–Kier alpha value is -7.26. The Morgan fingerprint density at radius 3 is 1.31 bits per heavy atom. The molecule has 0 saturated carbocycles. The summed E-state index contributed by atoms with van der Waals surface area (Å²) in [7, 11) is 0. The Bertz CT molecular complexity index is 3100. The van der Waals surface area contributed by atoms with Crippen molar-refractivity contribution in [2.75, 3.05) is 6.61 Å². The van der Waals surface area contributed by atoms with Gasteiger partial charge in [-0.15, -0.1) is 0 Å². The molecular weight excluding hydrogens is 829 g/mol. The number of hydrogen-bond acceptors (Lipinski definition) is 6. The number of aliphatic hydroxyl groups excluding tert-OH is 2. The standard InChI is InChI=1S/C61H50O6/c62-38-4-32-58(64)31-3-5-42-10-12-43(13-11-42)44-14-22-53(23-15-44)59(65)34-36-60(66,37-35-59)54-26-18-47(19-27-54)50-8-2-9-51(40-50)56-41-61(67,33-30-57(56)63)55-28-20-46(21-29-55)49-7-1-6-48(39-49)45-16-24-52(58)25-17-45/h1-4,6-37,39-41,57,62-67H,5,38H2/b31-3-,32-4-/t57-,58?,59-,60+,61+/m1/s1. The average Bonchev–Trinajstić information content (AvgIpc) is 3.38. The van der Waals surface area contributed by atoms with E-state index < -0.39 is 28.5 Å². The smallest absolute Gasteiger partial charge is 0.127 e. The lowest BCUT2D eigenvalue weighted by Crippen LogP contribution is -2.30. The van der Waals surface area contributed by atoms with Crippen LogP contribution in [0.25, 0.3) is 50.1 Å². The summed E-state index contributed by atoms with van der Waals surface area (Å²) in [6.07, 6.45) is 18.0. The van der Waals surface area contributed by atoms with Crippen molar-refractivity contribution in [3.8, 4) is 44.5 Å². The molecule has 0 radical (unpaired) electrons. The van der Waals surface area contributed by atoms with Crippen LogP contribution in [0.15, 0.2) is 237 Å². The molecule has 7 aromatic rings. The van der Waals surface area contributed by atoms with Gasteiger partial charge < -0.3 is 30.6 Å². The van der Waals surface area contributed by atoms with Gasteiger partial charge >= 0.3 is 0 Å². The van der Waals surface area contributed by atoms with Crippen molar-refractivity contribution in [2.45, 2.75) is 34.9 Å². The fourth-order valence-electron chi connectivity index (χ4n) is 9.31. The summed E-state index contributed by atoms with van der Waals surface area (Å²) >= 11 is 0. The van der Waals surface area contributed by atoms with Gasteiger partial charge in [0.05, 0.1) is 12.7 Å². The molecule has 6 nitrogen and oxygen atoms in total. The molecule has 0 amide bonds. The first-order chi connectivity index (χ1) is 32.4. The molecule has 6 heteroatoms. The molecule has 0 aromatic heterocycles. The monoisotopic (exact) mass is 878 g/mol. The summed E-state index contributed by atoms with van der Waals surface area (Å²) in [6.45, 7) is -0.208. The number of rotatable bonds is 2. The number of fused-ring (bicyclic) bond motifs is 1. The van der Waals surface area contributed by atoms with Crippen molar-refractivity contribution in [3.05, 3.63) is 270 Å². The van der Waals surface area contributed by atoms with Crippen molar-refractivity contribution >= 4 is 5.57 Å². The van der Waals surface area contributed by atoms with Crippen molar-refractivity contribution in [1.82, 2.24) is 0 Å². The maximum atomic E-state index is 12.1. The SMILES string of the molecule is OC/C=C\C1(O)/C=C\Cc2ccc(cc2)-c2ccc(cc2)[C@]2(O)C=C[C@@](O)(C=C2)c2ccc(cc2)-c2cccc(c2)C2=C[C@@](O)(C=C[C@H]2O)c2ccc(cc2)-c2cccc(c2)-c2ccc1cc2. The van der Waals surface area contributed by atoms with E-state index in [9.17, 15) is 30.6 Å². The van der Waals surface area contributed by atoms with Gasteiger partial charge in [0, 0.05) is 0 Å². The van der Waals surface area contributed by atoms with Gasteiger partial charge in [0.25, 0.3) is 0 Å². The summed E-state index contributed by atoms with van der Waals surface area (Å²) in [6, 6.07) is 55.2. The summed E-state index contributed by atoms with van der Waals surface area (Å²) in [5.41, 5.74) is 7.02. The zero-order chi connectivity index (χ0) is 46.2. The summed E-state index contributed by atoms with van der Waals surface area (Å²) in [5.74, 6) is 0. The van der Waals surface area contributed by atoms with Crippen LogP contribution in [0.1, 0.15) is 33.4 Å². The maximum Gasteiger partial charge on any atom is 0.127 e. The number of aliphatic hydroxyl groups is 6. The first-order valence-electron chi connectivity index (χ1n) is 22.5. The molecule has 330 valence electrons. The lowest BCUT2D eigenvalue weighted by atomic mass is 9.81. The quantitative estimate of drug-likeness (QED) is 0.0963. The first-order valence-corrected chi connectivity index (χ1v) is 22.5. The average molecular weight is 879 g/mol. The summed E-state index contributed by atoms with van der Waals surface area (Å²) in [5, 5.41) is 68.3. The minimum atomic E-state index is -1.47. The Labute approximate surface area is 390 Å². The van der Waals surface area contributed by atoms with Crippen LogP contribution in [0.3, 0.4) is 0 Å². The van der Waals surface area contributed by atoms with Gasteiger partial charge in [0.1, 0.15) is 22.4 Å². The molecule has 11 aliphatic rings. The molecule has 67 heavy (non-hydrogen) atoms. The third-order valence-corrected chi connectivity index (χ3v) is 13.3. The molecule has 6 N–H and O–H groups in total. The zero-order valence-electron chi connectivity index (χ0n) is 36.7. The van der Waals surface area contributed by atoms with Crippen molar-refractivity contribution in [2.24, 2.45) is 0 Å². The van der Waals surface area contributed by atoms with Crippen molar-refractivity contribution in [3.63, 3.8) is 0 Å². The third kappa shape index (κ3) is 8.66. The van der Waals surface area contributed by atoms with Crippen LogP contribution in [0.2, 0.25) is 0 Å². The van der Waals surface area contributed by atoms with E-state index in [4.69, 9.17) is 0 Å². The van der Waals surface area contributed by atoms with E-state index in [0.717, 1.165) is 55.6 Å². The second kappa shape index (κ2) is 17.5. The molecule has 18 bridgehead atoms. The Morgan fingerprint density at radius 1 is 0.433 bits per heavy atom. The van der Waals surface area contributed by atoms with Gasteiger partial charge in [-0.05, 0) is 151 Å². The predicted molar refractivity (Wildman–Crippen MR) is 267 cm³/mol. The predicted octanol–water partition coefficient (Wildman–Crippen LogP) is 10.6. The molecule has 18 rings (SSSR count). The summed E-state index contributed by atoms with van der Waals surface area (Å²) < 4.78 is 0. The van der Waals surface area contributed by atoms with Gasteiger partial charge in [-0.25, -0.2) is 0 Å². The minimum Gasteiger partial charge on any atom is -0.392 e. The topological polar surface area (TPSA) is 121 Å². The minimum absolute atomic E-state index is 0.208. The largest absolute Gasteiger partial charge is 0.392 e. The molecular formula is C61H50O6. The van der Waals surface area contributed by atoms with E-state index in [0.29, 0.717) is 34.2 Å². The second-order valence-corrected chi connectivity index (χ2v) is 17.7. The van der Waals surface area contributed by atoms with Gasteiger partial charge in [-0.1, -0.05) is 176 Å². The lowest BCUT2D eigenvalue weighted by molar-refractivity contribution is 0.106. The maximum absolute atomic E-state index is 12.1. The molecule has 11 aliphatic carbocycles. The van der Waals surface area contributed by atoms with E-state index in [1.165, 1.54) is 0 Å². The van der Waals surface area contributed by atoms with Gasteiger partial charge in [-0.3, -0.25) is 0 Å². The fourth-order valence-corrected chi connectivity index (χ4v) is 9.31. The van der Waals surface area contributed by atoms with Crippen LogP contribution >= 0.6 is 0 Å². The molecule has 7 aromatic carbocycles. The van der Waals surface area contributed by atoms with Crippen LogP contribution in [-0.2, 0) is 28.8 Å².